The van der Waals surface area contributed by atoms with Gasteiger partial charge in [-0.3, -0.25) is 9.69 Å². The third-order valence-corrected chi connectivity index (χ3v) is 9.59. The summed E-state index contributed by atoms with van der Waals surface area (Å²) in [4.78, 5) is 44.6. The van der Waals surface area contributed by atoms with Gasteiger partial charge in [-0.2, -0.15) is 0 Å². The van der Waals surface area contributed by atoms with Crippen molar-refractivity contribution >= 4 is 46.1 Å². The molecule has 1 saturated heterocycles. The summed E-state index contributed by atoms with van der Waals surface area (Å²) in [6.07, 6.45) is 0. The summed E-state index contributed by atoms with van der Waals surface area (Å²) >= 11 is 2.83. The van der Waals surface area contributed by atoms with Crippen LogP contribution < -0.4 is 5.32 Å². The van der Waals surface area contributed by atoms with E-state index in [1.165, 1.54) is 27.6 Å². The molecule has 4 unspecified atom stereocenters. The van der Waals surface area contributed by atoms with E-state index in [1.807, 2.05) is 42.8 Å². The van der Waals surface area contributed by atoms with Crippen molar-refractivity contribution in [3.05, 3.63) is 97.8 Å². The molecule has 3 aromatic heterocycles. The first-order valence-electron chi connectivity index (χ1n) is 12.2. The molecule has 0 spiro atoms. The Balaban J connectivity index is 1.77. The monoisotopic (exact) mass is 548 g/mol. The number of aliphatic carboxylic acids is 1. The first-order valence-corrected chi connectivity index (χ1v) is 14.0. The Morgan fingerprint density at radius 3 is 2.08 bits per heavy atom. The summed E-state index contributed by atoms with van der Waals surface area (Å²) in [6.45, 7) is 7.14. The summed E-state index contributed by atoms with van der Waals surface area (Å²) < 4.78 is 5.76. The maximum atomic E-state index is 14.3. The van der Waals surface area contributed by atoms with Crippen LogP contribution in [0, 0.1) is 26.7 Å². The standard InChI is InChI=1S/C29H28N2O5S2/c1-16-12-14-37-25(16)22-21(24(32)20-11-10-18(3)36-20)23(26-17(2)13-15-38-26)31(29(22,4)27(33)34)28(35)30-19-8-6-5-7-9-19/h5-15,21-23H,1-4H3,(H,30,35)(H,33,34). The highest BCUT2D eigenvalue weighted by atomic mass is 32.1. The Morgan fingerprint density at radius 2 is 1.55 bits per heavy atom. The number of likely N-dealkylation sites (tertiary alicyclic amines) is 1. The molecule has 0 saturated carbocycles. The number of hydrogen-bond donors (Lipinski definition) is 2. The van der Waals surface area contributed by atoms with E-state index in [0.29, 0.717) is 11.4 Å². The van der Waals surface area contributed by atoms with Crippen LogP contribution in [-0.2, 0) is 4.79 Å². The number of nitrogens with zero attached hydrogens (tertiary/aromatic N) is 1. The topological polar surface area (TPSA) is 99.9 Å². The van der Waals surface area contributed by atoms with Crippen molar-refractivity contribution in [2.45, 2.75) is 45.2 Å². The predicted octanol–water partition coefficient (Wildman–Crippen LogP) is 7.04. The summed E-state index contributed by atoms with van der Waals surface area (Å²) in [5.41, 5.74) is 0.569. The SMILES string of the molecule is Cc1ccc(C(=O)C2C(c3sccc3C)N(C(=O)Nc3ccccc3)C(C)(C(=O)O)C2c2sccc2C)o1. The van der Waals surface area contributed by atoms with Gasteiger partial charge in [0.05, 0.1) is 12.0 Å². The second kappa shape index (κ2) is 9.89. The van der Waals surface area contributed by atoms with Crippen LogP contribution in [0.1, 0.15) is 56.1 Å². The maximum absolute atomic E-state index is 14.3. The zero-order chi connectivity index (χ0) is 27.2. The molecule has 2 amide bonds. The van der Waals surface area contributed by atoms with Gasteiger partial charge >= 0.3 is 12.0 Å². The lowest BCUT2D eigenvalue weighted by molar-refractivity contribution is -0.148. The van der Waals surface area contributed by atoms with Crippen LogP contribution in [0.4, 0.5) is 10.5 Å². The normalized spacial score (nSPS) is 22.9. The van der Waals surface area contributed by atoms with Gasteiger partial charge in [-0.05, 0) is 86.0 Å². The summed E-state index contributed by atoms with van der Waals surface area (Å²) in [7, 11) is 0. The smallest absolute Gasteiger partial charge is 0.330 e. The van der Waals surface area contributed by atoms with Crippen molar-refractivity contribution < 1.29 is 23.9 Å². The third-order valence-electron chi connectivity index (χ3n) is 7.40. The molecule has 5 rings (SSSR count). The number of ketones is 1. The molecule has 1 fully saturated rings. The van der Waals surface area contributed by atoms with Gasteiger partial charge in [0.1, 0.15) is 11.3 Å². The molecular weight excluding hydrogens is 520 g/mol. The van der Waals surface area contributed by atoms with Crippen LogP contribution >= 0.6 is 22.7 Å². The highest BCUT2D eigenvalue weighted by molar-refractivity contribution is 7.10. The second-order valence-electron chi connectivity index (χ2n) is 9.78. The molecule has 1 aliphatic rings. The first-order chi connectivity index (χ1) is 18.1. The zero-order valence-electron chi connectivity index (χ0n) is 21.4. The molecule has 4 atom stereocenters. The Bertz CT molecular complexity index is 1500. The van der Waals surface area contributed by atoms with E-state index in [2.05, 4.69) is 5.32 Å². The number of benzene rings is 1. The molecule has 0 aliphatic carbocycles. The van der Waals surface area contributed by atoms with Crippen molar-refractivity contribution in [3.8, 4) is 0 Å². The number of carboxylic acid groups (broad SMARTS) is 1. The molecule has 4 aromatic rings. The van der Waals surface area contributed by atoms with E-state index < -0.39 is 35.4 Å². The number of Topliss-reactive ketones (excluding diaryl/α,β-unsaturated/α-hetero) is 1. The Labute approximate surface area is 228 Å². The minimum atomic E-state index is -1.74. The van der Waals surface area contributed by atoms with Crippen molar-refractivity contribution in [1.82, 2.24) is 4.90 Å². The Kier molecular flexibility index (Phi) is 6.75. The highest BCUT2D eigenvalue weighted by Crippen LogP contribution is 2.59. The highest BCUT2D eigenvalue weighted by Gasteiger charge is 2.66. The number of carboxylic acids is 1. The molecule has 1 aromatic carbocycles. The molecular formula is C29H28N2O5S2. The molecule has 9 heteroatoms. The predicted molar refractivity (Wildman–Crippen MR) is 148 cm³/mol. The number of rotatable bonds is 6. The number of carbonyl (C=O) groups is 3. The number of amides is 2. The van der Waals surface area contributed by atoms with Gasteiger partial charge in [0.25, 0.3) is 0 Å². The summed E-state index contributed by atoms with van der Waals surface area (Å²) in [5.74, 6) is -2.47. The number of carbonyl (C=O) groups excluding carboxylic acids is 2. The van der Waals surface area contributed by atoms with Gasteiger partial charge in [0.15, 0.2) is 5.76 Å². The van der Waals surface area contributed by atoms with Crippen LogP contribution in [0.5, 0.6) is 0 Å². The molecule has 0 bridgehead atoms. The lowest BCUT2D eigenvalue weighted by atomic mass is 9.75. The molecule has 2 N–H and O–H groups in total. The number of thiophene rings is 2. The Hall–Kier alpha value is -3.69. The lowest BCUT2D eigenvalue weighted by Gasteiger charge is -2.37. The fraction of sp³-hybridized carbons (Fsp3) is 0.276. The zero-order valence-corrected chi connectivity index (χ0v) is 23.1. The summed E-state index contributed by atoms with van der Waals surface area (Å²) in [6, 6.07) is 14.7. The number of para-hydroxylation sites is 1. The second-order valence-corrected chi connectivity index (χ2v) is 11.7. The van der Waals surface area contributed by atoms with Crippen molar-refractivity contribution in [1.29, 1.82) is 0 Å². The van der Waals surface area contributed by atoms with E-state index in [1.54, 1.807) is 50.2 Å². The van der Waals surface area contributed by atoms with E-state index in [4.69, 9.17) is 4.42 Å². The summed E-state index contributed by atoms with van der Waals surface area (Å²) in [5, 5.41) is 17.5. The minimum Gasteiger partial charge on any atom is -0.479 e. The minimum absolute atomic E-state index is 0.156. The van der Waals surface area contributed by atoms with Gasteiger partial charge in [-0.15, -0.1) is 22.7 Å². The van der Waals surface area contributed by atoms with E-state index >= 15 is 0 Å². The van der Waals surface area contributed by atoms with Crippen LogP contribution in [-0.4, -0.2) is 33.3 Å². The average Bonchev–Trinajstić information content (AvgIpc) is 3.66. The largest absolute Gasteiger partial charge is 0.479 e. The van der Waals surface area contributed by atoms with Gasteiger partial charge in [0, 0.05) is 21.4 Å². The van der Waals surface area contributed by atoms with Crippen LogP contribution in [0.15, 0.2) is 69.8 Å². The van der Waals surface area contributed by atoms with Crippen LogP contribution in [0.2, 0.25) is 0 Å². The van der Waals surface area contributed by atoms with Crippen LogP contribution in [0.3, 0.4) is 0 Å². The Morgan fingerprint density at radius 1 is 0.921 bits per heavy atom. The number of hydrogen-bond acceptors (Lipinski definition) is 6. The molecule has 196 valence electrons. The number of urea groups is 1. The first kappa shape index (κ1) is 25.9. The fourth-order valence-electron chi connectivity index (χ4n) is 5.52. The molecule has 0 radical (unpaired) electrons. The molecule has 38 heavy (non-hydrogen) atoms. The van der Waals surface area contributed by atoms with Crippen molar-refractivity contribution in [2.75, 3.05) is 5.32 Å². The van der Waals surface area contributed by atoms with E-state index in [-0.39, 0.29) is 11.5 Å². The van der Waals surface area contributed by atoms with Gasteiger partial charge < -0.3 is 14.8 Å². The van der Waals surface area contributed by atoms with Gasteiger partial charge in [0.2, 0.25) is 5.78 Å². The van der Waals surface area contributed by atoms with Gasteiger partial charge in [-0.1, -0.05) is 18.2 Å². The molecule has 4 heterocycles. The number of aryl methyl sites for hydroxylation is 3. The lowest BCUT2D eigenvalue weighted by Crippen LogP contribution is -2.55. The van der Waals surface area contributed by atoms with E-state index in [0.717, 1.165) is 20.9 Å². The van der Waals surface area contributed by atoms with E-state index in [9.17, 15) is 19.5 Å². The van der Waals surface area contributed by atoms with Gasteiger partial charge in [-0.25, -0.2) is 9.59 Å². The van der Waals surface area contributed by atoms with Crippen LogP contribution in [0.25, 0.3) is 0 Å². The third kappa shape index (κ3) is 4.16. The molecule has 1 aliphatic heterocycles. The molecule has 7 nitrogen and oxygen atoms in total. The number of anilines is 1. The maximum Gasteiger partial charge on any atom is 0.330 e. The number of nitrogens with one attached hydrogen (secondary N) is 1. The van der Waals surface area contributed by atoms with Crippen molar-refractivity contribution in [3.63, 3.8) is 0 Å². The average molecular weight is 549 g/mol. The fourth-order valence-corrected chi connectivity index (χ4v) is 7.78. The quantitative estimate of drug-likeness (QED) is 0.252. The van der Waals surface area contributed by atoms with Crippen molar-refractivity contribution in [2.24, 2.45) is 5.92 Å². The number of furan rings is 1.